The molecule has 3 rings (SSSR count). The first-order chi connectivity index (χ1) is 11.2. The topological polar surface area (TPSA) is 0 Å². The lowest BCUT2D eigenvalue weighted by Crippen LogP contribution is -2.13. The van der Waals surface area contributed by atoms with Gasteiger partial charge in [0.2, 0.25) is 0 Å². The van der Waals surface area contributed by atoms with Crippen LogP contribution >= 0.6 is 0 Å². The molecule has 2 saturated carbocycles. The van der Waals surface area contributed by atoms with Crippen LogP contribution in [0.2, 0.25) is 0 Å². The van der Waals surface area contributed by atoms with Crippen molar-refractivity contribution in [1.29, 1.82) is 0 Å². The molecule has 2 fully saturated rings. The Kier molecular flexibility index (Phi) is 5.75. The fraction of sp³-hybridized carbons (Fsp3) is 0.478. The molecule has 2 aliphatic carbocycles. The first-order valence-electron chi connectivity index (χ1n) is 9.32. The molecule has 1 aromatic rings. The van der Waals surface area contributed by atoms with Gasteiger partial charge in [0.1, 0.15) is 0 Å². The van der Waals surface area contributed by atoms with Crippen LogP contribution in [0.15, 0.2) is 49.1 Å². The van der Waals surface area contributed by atoms with Gasteiger partial charge in [-0.3, -0.25) is 0 Å². The van der Waals surface area contributed by atoms with Gasteiger partial charge in [0.15, 0.2) is 0 Å². The summed E-state index contributed by atoms with van der Waals surface area (Å²) in [6.07, 6.45) is 17.5. The number of allylic oxidation sites excluding steroid dienone is 3. The van der Waals surface area contributed by atoms with Crippen molar-refractivity contribution in [3.05, 3.63) is 72.0 Å². The molecule has 0 heterocycles. The van der Waals surface area contributed by atoms with Crippen molar-refractivity contribution in [2.75, 3.05) is 0 Å². The van der Waals surface area contributed by atoms with Gasteiger partial charge >= 0.3 is 0 Å². The van der Waals surface area contributed by atoms with E-state index >= 15 is 0 Å². The minimum Gasteiger partial charge on any atom is -0.103 e. The van der Waals surface area contributed by atoms with E-state index in [9.17, 15) is 0 Å². The zero-order valence-corrected chi connectivity index (χ0v) is 14.6. The van der Waals surface area contributed by atoms with Gasteiger partial charge in [-0.1, -0.05) is 48.1 Å². The van der Waals surface area contributed by atoms with Gasteiger partial charge in [0.05, 0.1) is 0 Å². The van der Waals surface area contributed by atoms with Crippen LogP contribution in [-0.2, 0) is 0 Å². The first kappa shape index (κ1) is 16.6. The van der Waals surface area contributed by atoms with E-state index in [4.69, 9.17) is 0 Å². The van der Waals surface area contributed by atoms with Gasteiger partial charge in [-0.05, 0) is 81.6 Å². The zero-order valence-electron chi connectivity index (χ0n) is 14.6. The Hall–Kier alpha value is -1.30. The summed E-state index contributed by atoms with van der Waals surface area (Å²) < 4.78 is 0. The average Bonchev–Trinajstić information content (AvgIpc) is 2.61. The highest BCUT2D eigenvalue weighted by molar-refractivity contribution is 5.33. The molecule has 23 heavy (non-hydrogen) atoms. The van der Waals surface area contributed by atoms with Gasteiger partial charge in [0, 0.05) is 5.92 Å². The third-order valence-corrected chi connectivity index (χ3v) is 5.70. The zero-order chi connectivity index (χ0) is 16.1. The first-order valence-corrected chi connectivity index (χ1v) is 9.32. The second kappa shape index (κ2) is 7.99. The highest BCUT2D eigenvalue weighted by atomic mass is 14.3. The van der Waals surface area contributed by atoms with E-state index in [0.717, 1.165) is 11.8 Å². The van der Waals surface area contributed by atoms with Crippen LogP contribution in [0.3, 0.4) is 0 Å². The van der Waals surface area contributed by atoms with Gasteiger partial charge in [0.25, 0.3) is 0 Å². The summed E-state index contributed by atoms with van der Waals surface area (Å²) in [5.74, 6) is 4.87. The highest BCUT2D eigenvalue weighted by Crippen LogP contribution is 2.37. The third kappa shape index (κ3) is 4.59. The smallest absolute Gasteiger partial charge is 0.00502 e. The molecule has 0 spiro atoms. The number of benzene rings is 1. The fourth-order valence-corrected chi connectivity index (χ4v) is 3.94. The van der Waals surface area contributed by atoms with Crippen LogP contribution in [0.5, 0.6) is 0 Å². The molecule has 0 aromatic heterocycles. The lowest BCUT2D eigenvalue weighted by Gasteiger charge is -2.28. The molecule has 0 unspecified atom stereocenters. The molecule has 0 N–H and O–H groups in total. The molecule has 0 amide bonds. The average molecular weight is 306 g/mol. The summed E-state index contributed by atoms with van der Waals surface area (Å²) in [6, 6.07) is 9.08. The Balaban J connectivity index is 1.45. The highest BCUT2D eigenvalue weighted by Gasteiger charge is 2.22. The number of hydrogen-bond donors (Lipinski definition) is 0. The monoisotopic (exact) mass is 306 g/mol. The van der Waals surface area contributed by atoms with Crippen LogP contribution in [0.25, 0.3) is 0 Å². The fourth-order valence-electron chi connectivity index (χ4n) is 3.94. The predicted octanol–water partition coefficient (Wildman–Crippen LogP) is 6.61. The Labute approximate surface area is 142 Å². The van der Waals surface area contributed by atoms with Crippen molar-refractivity contribution in [2.45, 2.75) is 58.3 Å². The number of rotatable bonds is 4. The van der Waals surface area contributed by atoms with Crippen LogP contribution < -0.4 is 0 Å². The molecule has 0 nitrogen and oxygen atoms in total. The van der Waals surface area contributed by atoms with Gasteiger partial charge in [-0.2, -0.15) is 0 Å². The van der Waals surface area contributed by atoms with E-state index in [1.165, 1.54) is 62.5 Å². The van der Waals surface area contributed by atoms with Crippen molar-refractivity contribution in [1.82, 2.24) is 0 Å². The van der Waals surface area contributed by atoms with Crippen molar-refractivity contribution in [2.24, 2.45) is 11.8 Å². The van der Waals surface area contributed by atoms with Crippen LogP contribution in [0.4, 0.5) is 0 Å². The molecule has 0 saturated heterocycles. The van der Waals surface area contributed by atoms with Crippen LogP contribution in [0.1, 0.15) is 62.5 Å². The SMILES string of the molecule is C=CC1CC[C](C=CC2CC[C](c3ccc(C)cc3)CC2)CC1. The molecular weight excluding hydrogens is 276 g/mol. The molecule has 0 heteroatoms. The largest absolute Gasteiger partial charge is 0.103 e. The van der Waals surface area contributed by atoms with E-state index in [-0.39, 0.29) is 0 Å². The van der Waals surface area contributed by atoms with E-state index in [1.54, 1.807) is 11.8 Å². The van der Waals surface area contributed by atoms with Crippen molar-refractivity contribution >= 4 is 0 Å². The minimum atomic E-state index is 0.758. The molecule has 0 bridgehead atoms. The van der Waals surface area contributed by atoms with Crippen molar-refractivity contribution < 1.29 is 0 Å². The number of aryl methyl sites for hydroxylation is 1. The third-order valence-electron chi connectivity index (χ3n) is 5.70. The maximum atomic E-state index is 3.94. The lowest BCUT2D eigenvalue weighted by molar-refractivity contribution is 0.445. The summed E-state index contributed by atoms with van der Waals surface area (Å²) in [6.45, 7) is 6.10. The lowest BCUT2D eigenvalue weighted by atomic mass is 9.77. The summed E-state index contributed by atoms with van der Waals surface area (Å²) in [5.41, 5.74) is 2.82. The summed E-state index contributed by atoms with van der Waals surface area (Å²) in [7, 11) is 0. The van der Waals surface area contributed by atoms with E-state index in [0.29, 0.717) is 0 Å². The number of hydrogen-bond acceptors (Lipinski definition) is 0. The van der Waals surface area contributed by atoms with Crippen molar-refractivity contribution in [3.8, 4) is 0 Å². The molecule has 122 valence electrons. The maximum absolute atomic E-state index is 3.94. The molecule has 1 aromatic carbocycles. The van der Waals surface area contributed by atoms with Crippen LogP contribution in [0, 0.1) is 30.6 Å². The molecule has 2 aliphatic rings. The van der Waals surface area contributed by atoms with E-state index < -0.39 is 0 Å². The summed E-state index contributed by atoms with van der Waals surface area (Å²) in [5, 5.41) is 0. The van der Waals surface area contributed by atoms with Gasteiger partial charge < -0.3 is 0 Å². The Morgan fingerprint density at radius 3 is 2.09 bits per heavy atom. The molecule has 2 radical (unpaired) electrons. The van der Waals surface area contributed by atoms with E-state index in [2.05, 4.69) is 56.0 Å². The normalized spacial score (nSPS) is 22.7. The maximum Gasteiger partial charge on any atom is 0.00502 e. The van der Waals surface area contributed by atoms with Crippen molar-refractivity contribution in [3.63, 3.8) is 0 Å². The Morgan fingerprint density at radius 1 is 0.870 bits per heavy atom. The van der Waals surface area contributed by atoms with Crippen LogP contribution in [-0.4, -0.2) is 0 Å². The quantitative estimate of drug-likeness (QED) is 0.549. The molecule has 0 aliphatic heterocycles. The van der Waals surface area contributed by atoms with Gasteiger partial charge in [-0.15, -0.1) is 6.58 Å². The molecule has 0 atom stereocenters. The predicted molar refractivity (Wildman–Crippen MR) is 100 cm³/mol. The van der Waals surface area contributed by atoms with E-state index in [1.807, 2.05) is 0 Å². The van der Waals surface area contributed by atoms with Gasteiger partial charge in [-0.25, -0.2) is 0 Å². The minimum absolute atomic E-state index is 0.758. The Bertz CT molecular complexity index is 505. The second-order valence-electron chi connectivity index (χ2n) is 7.40. The Morgan fingerprint density at radius 2 is 1.48 bits per heavy atom. The standard InChI is InChI=1S/C23H30/c1-3-19-6-8-20(9-7-19)10-11-21-12-16-23(17-13-21)22-14-4-18(2)5-15-22/h3-5,10-11,14-15,19,21H,1,6-9,12-13,16-17H2,2H3. The second-order valence-corrected chi connectivity index (χ2v) is 7.40. The summed E-state index contributed by atoms with van der Waals surface area (Å²) in [4.78, 5) is 0. The summed E-state index contributed by atoms with van der Waals surface area (Å²) >= 11 is 0. The molecular formula is C23H30.